The van der Waals surface area contributed by atoms with Crippen molar-refractivity contribution in [3.05, 3.63) is 65.3 Å². The Bertz CT molecular complexity index is 626. The van der Waals surface area contributed by atoms with Crippen molar-refractivity contribution >= 4 is 12.2 Å². The average molecular weight is 239 g/mol. The highest BCUT2D eigenvalue weighted by atomic mass is 16.5. The van der Waals surface area contributed by atoms with Gasteiger partial charge in [0.05, 0.1) is 12.8 Å². The van der Waals surface area contributed by atoms with Gasteiger partial charge in [-0.2, -0.15) is 0 Å². The number of para-hydroxylation sites is 1. The van der Waals surface area contributed by atoms with Crippen LogP contribution in [0.1, 0.15) is 12.7 Å². The fourth-order valence-electron chi connectivity index (χ4n) is 1.59. The minimum atomic E-state index is 0. The summed E-state index contributed by atoms with van der Waals surface area (Å²) in [7, 11) is 1.65. The first-order chi connectivity index (χ1) is 8.79. The first-order valence-corrected chi connectivity index (χ1v) is 5.62. The Morgan fingerprint density at radius 2 is 1.78 bits per heavy atom. The van der Waals surface area contributed by atoms with Gasteiger partial charge in [-0.1, -0.05) is 30.3 Å². The molecule has 0 bridgehead atoms. The molecule has 1 aromatic carbocycles. The third-order valence-corrected chi connectivity index (χ3v) is 2.45. The molecule has 0 aliphatic heterocycles. The van der Waals surface area contributed by atoms with Crippen LogP contribution in [0.2, 0.25) is 0 Å². The van der Waals surface area contributed by atoms with Gasteiger partial charge in [-0.3, -0.25) is 5.41 Å². The van der Waals surface area contributed by atoms with Gasteiger partial charge in [0.1, 0.15) is 11.2 Å². The summed E-state index contributed by atoms with van der Waals surface area (Å²) in [4.78, 5) is 4.15. The predicted octanol–water partition coefficient (Wildman–Crippen LogP) is 2.85. The molecule has 2 rings (SSSR count). The summed E-state index contributed by atoms with van der Waals surface area (Å²) in [6.07, 6.45) is 3.80. The lowest BCUT2D eigenvalue weighted by molar-refractivity contribution is 0.414. The summed E-state index contributed by atoms with van der Waals surface area (Å²) in [6, 6.07) is 15.0. The van der Waals surface area contributed by atoms with Crippen LogP contribution in [-0.4, -0.2) is 12.1 Å². The van der Waals surface area contributed by atoms with E-state index in [4.69, 9.17) is 10.1 Å². The summed E-state index contributed by atoms with van der Waals surface area (Å²) in [5.74, 6) is 0.820. The van der Waals surface area contributed by atoms with E-state index in [0.29, 0.717) is 0 Å². The van der Waals surface area contributed by atoms with Crippen LogP contribution in [0.4, 0.5) is 0 Å². The van der Waals surface area contributed by atoms with E-state index in [1.807, 2.05) is 48.6 Å². The van der Waals surface area contributed by atoms with Crippen LogP contribution < -0.4 is 10.2 Å². The fraction of sp³-hybridized carbons (Fsp3) is 0.0667. The zero-order valence-electron chi connectivity index (χ0n) is 11.1. The van der Waals surface area contributed by atoms with Gasteiger partial charge in [-0.15, -0.1) is 0 Å². The highest BCUT2D eigenvalue weighted by Gasteiger charge is 1.96. The van der Waals surface area contributed by atoms with Gasteiger partial charge in [-0.05, 0) is 30.4 Å². The van der Waals surface area contributed by atoms with Crippen molar-refractivity contribution < 1.29 is 6.16 Å². The molecule has 0 unspecified atom stereocenters. The van der Waals surface area contributed by atoms with Crippen molar-refractivity contribution in [3.8, 4) is 5.75 Å². The number of hydrogen-bond donors (Lipinski definition) is 1. The molecule has 3 nitrogen and oxygen atoms in total. The topological polar surface area (TPSA) is 46.0 Å². The number of benzene rings is 1. The molecule has 0 aliphatic rings. The van der Waals surface area contributed by atoms with Crippen LogP contribution in [0.15, 0.2) is 48.5 Å². The van der Waals surface area contributed by atoms with E-state index < -0.39 is 0 Å². The van der Waals surface area contributed by atoms with E-state index in [1.165, 1.54) is 0 Å². The Balaban J connectivity index is 0.00000180. The van der Waals surface area contributed by atoms with Crippen molar-refractivity contribution in [3.63, 3.8) is 0 Å². The molecule has 1 heterocycles. The molecule has 0 saturated heterocycles. The van der Waals surface area contributed by atoms with Crippen LogP contribution in [0.25, 0.3) is 12.2 Å². The zero-order chi connectivity index (χ0) is 12.8. The highest BCUT2D eigenvalue weighted by Crippen LogP contribution is 2.19. The van der Waals surface area contributed by atoms with Gasteiger partial charge in [0.15, 0.2) is 0 Å². The lowest BCUT2D eigenvalue weighted by Gasteiger charge is -2.02. The van der Waals surface area contributed by atoms with Crippen LogP contribution in [0, 0.1) is 5.41 Å². The lowest BCUT2D eigenvalue weighted by Crippen LogP contribution is -2.00. The Morgan fingerprint density at radius 3 is 2.61 bits per heavy atom. The number of aromatic nitrogens is 1. The molecule has 2 aromatic rings. The molecule has 0 amide bonds. The smallest absolute Gasteiger partial charge is 0.496 e. The third-order valence-electron chi connectivity index (χ3n) is 2.45. The zero-order valence-corrected chi connectivity index (χ0v) is 10.1. The molecular formula is C15H15N2O+. The summed E-state index contributed by atoms with van der Waals surface area (Å²) in [5.41, 5.74) is 1.98. The van der Waals surface area contributed by atoms with E-state index in [0.717, 1.165) is 17.0 Å². The first kappa shape index (κ1) is 12.0. The second-order valence-corrected chi connectivity index (χ2v) is 3.72. The normalized spacial score (nSPS) is 10.5. The molecule has 0 saturated carbocycles. The van der Waals surface area contributed by atoms with Gasteiger partial charge >= 0.3 is 1.43 Å². The molecule has 1 N–H and O–H groups in total. The number of ether oxygens (including phenoxy) is 1. The fourth-order valence-corrected chi connectivity index (χ4v) is 1.59. The second kappa shape index (κ2) is 5.77. The van der Waals surface area contributed by atoms with Gasteiger partial charge in [0.2, 0.25) is 0 Å². The molecule has 1 aromatic heterocycles. The van der Waals surface area contributed by atoms with E-state index in [-0.39, 0.29) is 6.91 Å². The van der Waals surface area contributed by atoms with Crippen molar-refractivity contribution in [1.82, 2.24) is 4.98 Å². The molecule has 90 valence electrons. The Kier molecular flexibility index (Phi) is 3.86. The third kappa shape index (κ3) is 3.04. The summed E-state index contributed by atoms with van der Waals surface area (Å²) in [5, 5.41) is 7.55. The molecule has 0 aliphatic carbocycles. The van der Waals surface area contributed by atoms with Crippen molar-refractivity contribution in [2.75, 3.05) is 7.11 Å². The van der Waals surface area contributed by atoms with E-state index in [9.17, 15) is 0 Å². The summed E-state index contributed by atoms with van der Waals surface area (Å²) in [6.45, 7) is 0. The molecule has 18 heavy (non-hydrogen) atoms. The number of methoxy groups -OCH3 is 1. The van der Waals surface area contributed by atoms with Crippen LogP contribution in [0.5, 0.6) is 5.75 Å². The molecule has 0 atom stereocenters. The second-order valence-electron chi connectivity index (χ2n) is 3.72. The van der Waals surface area contributed by atoms with E-state index >= 15 is 0 Å². The van der Waals surface area contributed by atoms with E-state index in [2.05, 4.69) is 4.98 Å². The lowest BCUT2D eigenvalue weighted by atomic mass is 10.2. The standard InChI is InChI=1S/C15H14N2O/c1-18-14-8-4-2-6-12(14)10-11-13-7-3-5-9-15(16)17-13/h2-11,16H,1H3/p+1. The summed E-state index contributed by atoms with van der Waals surface area (Å²) < 4.78 is 5.27. The first-order valence-electron chi connectivity index (χ1n) is 5.62. The quantitative estimate of drug-likeness (QED) is 0.895. The SMILES string of the molecule is COc1ccccc1C=Cc1ccccc(=N)n1.[H+]. The molecule has 0 fully saturated rings. The Labute approximate surface area is 107 Å². The maximum atomic E-state index is 7.55. The number of rotatable bonds is 3. The molecular weight excluding hydrogens is 224 g/mol. The maximum Gasteiger partial charge on any atom is 1.00 e. The predicted molar refractivity (Wildman–Crippen MR) is 73.1 cm³/mol. The Morgan fingerprint density at radius 1 is 1.06 bits per heavy atom. The van der Waals surface area contributed by atoms with Gasteiger partial charge in [0.25, 0.3) is 0 Å². The van der Waals surface area contributed by atoms with Crippen molar-refractivity contribution in [1.29, 1.82) is 5.41 Å². The number of nitrogens with zero attached hydrogens (tertiary/aromatic N) is 1. The monoisotopic (exact) mass is 239 g/mol. The molecule has 0 radical (unpaired) electrons. The van der Waals surface area contributed by atoms with Gasteiger partial charge < -0.3 is 4.74 Å². The van der Waals surface area contributed by atoms with Crippen molar-refractivity contribution in [2.45, 2.75) is 0 Å². The molecule has 3 heteroatoms. The van der Waals surface area contributed by atoms with Crippen LogP contribution in [0.3, 0.4) is 0 Å². The minimum Gasteiger partial charge on any atom is -0.496 e. The van der Waals surface area contributed by atoms with Gasteiger partial charge in [0, 0.05) is 5.56 Å². The van der Waals surface area contributed by atoms with Crippen LogP contribution in [-0.2, 0) is 0 Å². The largest absolute Gasteiger partial charge is 1.00 e. The average Bonchev–Trinajstić information content (AvgIpc) is 2.61. The van der Waals surface area contributed by atoms with Crippen LogP contribution >= 0.6 is 0 Å². The van der Waals surface area contributed by atoms with Gasteiger partial charge in [-0.25, -0.2) is 4.98 Å². The maximum absolute atomic E-state index is 7.55. The highest BCUT2D eigenvalue weighted by molar-refractivity contribution is 5.71. The van der Waals surface area contributed by atoms with Crippen molar-refractivity contribution in [2.24, 2.45) is 0 Å². The van der Waals surface area contributed by atoms with E-state index in [1.54, 1.807) is 19.2 Å². The number of nitrogens with one attached hydrogen (secondary N) is 1. The Hall–Kier alpha value is -2.42. The summed E-state index contributed by atoms with van der Waals surface area (Å²) >= 11 is 0. The number of hydrogen-bond acceptors (Lipinski definition) is 3. The molecule has 0 spiro atoms. The minimum absolute atomic E-state index is 0.